The number of carboxylic acids is 1. The molecule has 8 rings (SSSR count). The normalized spacial score (nSPS) is 32.4. The summed E-state index contributed by atoms with van der Waals surface area (Å²) in [5.74, 6) is -4.15. The van der Waals surface area contributed by atoms with E-state index in [1.807, 2.05) is 13.8 Å². The molecule has 0 radical (unpaired) electrons. The van der Waals surface area contributed by atoms with Gasteiger partial charge in [0, 0.05) is 49.3 Å². The number of ketones is 2. The van der Waals surface area contributed by atoms with Crippen LogP contribution in [0.3, 0.4) is 0 Å². The Labute approximate surface area is 398 Å². The Morgan fingerprint density at radius 3 is 2.45 bits per heavy atom. The number of ether oxygens (including phenoxy) is 6. The lowest BCUT2D eigenvalue weighted by Gasteiger charge is -2.71. The van der Waals surface area contributed by atoms with Crippen molar-refractivity contribution in [3.63, 3.8) is 0 Å². The number of nitrogens with one attached hydrogen (secondary N) is 1. The van der Waals surface area contributed by atoms with Gasteiger partial charge in [-0.05, 0) is 86.6 Å². The SMILES string of the molecule is CC.CCN(COCC(=O)C1(OCO)CCC2C3C[C@H](F)C4=CC(=O)C=CC45OC(CC21C)[C@@]35F)C(=O)OCc1ccc(OC2CC(O)CC(C(=O)O)O2)c(NC(=O)CCN)c1.Fc1ccccc1. The predicted molar refractivity (Wildman–Crippen MR) is 240 cm³/mol. The minimum atomic E-state index is -2.00. The molecule has 17 nitrogen and oxygen atoms in total. The Kier molecular flexibility index (Phi) is 17.1. The lowest BCUT2D eigenvalue weighted by Crippen LogP contribution is -2.82. The number of halogens is 3. The number of fused-ring (bicyclic) bond motifs is 2. The molecule has 0 bridgehead atoms. The fourth-order valence-corrected chi connectivity index (χ4v) is 10.9. The van der Waals surface area contributed by atoms with Gasteiger partial charge in [-0.3, -0.25) is 19.3 Å². The molecule has 0 aromatic heterocycles. The maximum absolute atomic E-state index is 17.4. The number of benzene rings is 2. The second-order valence-electron chi connectivity index (χ2n) is 17.8. The first-order valence-electron chi connectivity index (χ1n) is 23.2. The largest absolute Gasteiger partial charge is 0.479 e. The van der Waals surface area contributed by atoms with Crippen LogP contribution in [0.1, 0.15) is 78.2 Å². The summed E-state index contributed by atoms with van der Waals surface area (Å²) in [5, 5.41) is 32.3. The van der Waals surface area contributed by atoms with Gasteiger partial charge in [0.2, 0.25) is 12.2 Å². The van der Waals surface area contributed by atoms with Crippen LogP contribution in [-0.2, 0) is 49.5 Å². The first kappa shape index (κ1) is 53.1. The van der Waals surface area contributed by atoms with Crippen LogP contribution < -0.4 is 15.8 Å². The van der Waals surface area contributed by atoms with E-state index in [-0.39, 0.29) is 87.8 Å². The monoisotopic (exact) mass is 973 g/mol. The number of nitrogens with zero attached hydrogens (tertiary/aromatic N) is 1. The Hall–Kier alpha value is -5.22. The van der Waals surface area contributed by atoms with E-state index in [0.29, 0.717) is 12.0 Å². The molecular weight excluding hydrogens is 912 g/mol. The van der Waals surface area contributed by atoms with E-state index in [1.54, 1.807) is 38.1 Å². The third-order valence-electron chi connectivity index (χ3n) is 14.0. The van der Waals surface area contributed by atoms with Crippen LogP contribution in [0.15, 0.2) is 72.3 Å². The van der Waals surface area contributed by atoms with Crippen molar-refractivity contribution < 1.29 is 80.9 Å². The molecule has 5 fully saturated rings. The van der Waals surface area contributed by atoms with Gasteiger partial charge in [0.25, 0.3) is 0 Å². The lowest BCUT2D eigenvalue weighted by atomic mass is 9.44. The average molecular weight is 974 g/mol. The fourth-order valence-electron chi connectivity index (χ4n) is 10.9. The first-order chi connectivity index (χ1) is 32.9. The molecule has 9 unspecified atom stereocenters. The zero-order chi connectivity index (χ0) is 50.3. The molecule has 378 valence electrons. The number of hydrogen-bond donors (Lipinski definition) is 5. The number of rotatable bonds is 16. The molecule has 2 amide bonds. The molecule has 1 spiro atoms. The van der Waals surface area contributed by atoms with E-state index < -0.39 is 108 Å². The van der Waals surface area contributed by atoms with Crippen LogP contribution in [0.5, 0.6) is 5.75 Å². The number of aliphatic hydroxyl groups excluding tert-OH is 2. The molecule has 6 aliphatic rings. The maximum atomic E-state index is 17.4. The third-order valence-corrected chi connectivity index (χ3v) is 14.0. The summed E-state index contributed by atoms with van der Waals surface area (Å²) in [5.41, 5.74) is -0.311. The number of aliphatic carboxylic acids is 1. The molecule has 2 aromatic carbocycles. The van der Waals surface area contributed by atoms with Gasteiger partial charge in [-0.25, -0.2) is 22.8 Å². The van der Waals surface area contributed by atoms with Gasteiger partial charge in [0.1, 0.15) is 55.7 Å². The number of carboxylic acid groups (broad SMARTS) is 1. The first-order valence-corrected chi connectivity index (χ1v) is 23.2. The van der Waals surface area contributed by atoms with Crippen LogP contribution in [0.25, 0.3) is 0 Å². The molecule has 6 N–H and O–H groups in total. The average Bonchev–Trinajstić information content (AvgIpc) is 3.61. The Balaban J connectivity index is 0.000000789. The van der Waals surface area contributed by atoms with Crippen molar-refractivity contribution >= 4 is 35.2 Å². The van der Waals surface area contributed by atoms with Gasteiger partial charge in [0.15, 0.2) is 23.3 Å². The van der Waals surface area contributed by atoms with Gasteiger partial charge in [-0.1, -0.05) is 45.0 Å². The molecule has 69 heavy (non-hydrogen) atoms. The van der Waals surface area contributed by atoms with Crippen molar-refractivity contribution in [1.29, 1.82) is 0 Å². The second-order valence-corrected chi connectivity index (χ2v) is 17.8. The summed E-state index contributed by atoms with van der Waals surface area (Å²) in [6.07, 6.45) is -3.14. The van der Waals surface area contributed by atoms with E-state index in [0.717, 1.165) is 6.08 Å². The van der Waals surface area contributed by atoms with E-state index in [1.165, 1.54) is 41.3 Å². The molecule has 11 atom stereocenters. The molecule has 2 heterocycles. The van der Waals surface area contributed by atoms with Gasteiger partial charge in [-0.2, -0.15) is 0 Å². The fraction of sp³-hybridized carbons (Fsp3) is 0.571. The number of allylic oxidation sites excluding steroid dienone is 2. The molecule has 3 saturated carbocycles. The van der Waals surface area contributed by atoms with E-state index in [4.69, 9.17) is 34.2 Å². The highest BCUT2D eigenvalue weighted by Gasteiger charge is 2.83. The number of nitrogens with two attached hydrogens (primary N) is 1. The molecular formula is C49H62F3N3O14. The Bertz CT molecular complexity index is 2250. The van der Waals surface area contributed by atoms with E-state index in [2.05, 4.69) is 5.32 Å². The van der Waals surface area contributed by atoms with Crippen LogP contribution in [0, 0.1) is 23.1 Å². The van der Waals surface area contributed by atoms with Gasteiger partial charge in [-0.15, -0.1) is 0 Å². The van der Waals surface area contributed by atoms with Gasteiger partial charge in [0.05, 0.1) is 17.9 Å². The van der Waals surface area contributed by atoms with Crippen molar-refractivity contribution in [3.8, 4) is 5.75 Å². The standard InChI is InChI=1S/C41H51F2N3O14.C6H5F.C2H6/c1-3-46(37(54)56-18-22-4-5-30(29(12-22)45-34(51)8-11-44)58-35-15-24(49)14-31(59-35)36(52)53)20-55-19-32(50)40(57-21-47)10-7-25-26-16-28(42)27-13-23(48)6-9-39(27)41(26,43)33(60-39)17-38(25,40)2;7-6-4-2-1-3-5-6;1-2/h4-6,9,12-13,24-26,28,31,33,35,47,49H,3,7-8,10-11,14-21,44H2,1-2H3,(H,45,51)(H,52,53);1-5H;1-2H3/t24?,25?,26?,28-,31?,33?,35?,38?,39?,40?,41-;;/m0../s1. The second kappa shape index (κ2) is 22.2. The van der Waals surface area contributed by atoms with Crippen molar-refractivity contribution in [2.45, 2.75) is 127 Å². The van der Waals surface area contributed by atoms with Gasteiger partial charge >= 0.3 is 12.1 Å². The van der Waals surface area contributed by atoms with Crippen molar-refractivity contribution in [2.24, 2.45) is 23.0 Å². The summed E-state index contributed by atoms with van der Waals surface area (Å²) < 4.78 is 79.6. The van der Waals surface area contributed by atoms with Gasteiger partial charge < -0.3 is 54.8 Å². The smallest absolute Gasteiger partial charge is 0.411 e. The summed E-state index contributed by atoms with van der Waals surface area (Å²) in [6, 6.07) is 12.4. The van der Waals surface area contributed by atoms with Crippen LogP contribution in [-0.4, -0.2) is 131 Å². The Morgan fingerprint density at radius 2 is 1.80 bits per heavy atom. The van der Waals surface area contributed by atoms with E-state index >= 15 is 8.78 Å². The number of anilines is 1. The third kappa shape index (κ3) is 10.3. The Morgan fingerprint density at radius 1 is 1.06 bits per heavy atom. The molecule has 2 saturated heterocycles. The minimum absolute atomic E-state index is 0.0155. The molecule has 2 aliphatic heterocycles. The summed E-state index contributed by atoms with van der Waals surface area (Å²) in [6.45, 7) is 5.61. The number of carbonyl (C=O) groups is 5. The molecule has 20 heteroatoms. The maximum Gasteiger partial charge on any atom is 0.411 e. The number of amides is 2. The van der Waals surface area contributed by atoms with Crippen LogP contribution in [0.4, 0.5) is 23.7 Å². The van der Waals surface area contributed by atoms with Crippen LogP contribution in [0.2, 0.25) is 0 Å². The van der Waals surface area contributed by atoms with Crippen molar-refractivity contribution in [1.82, 2.24) is 4.90 Å². The minimum Gasteiger partial charge on any atom is -0.479 e. The summed E-state index contributed by atoms with van der Waals surface area (Å²) in [4.78, 5) is 64.7. The molecule has 2 aromatic rings. The highest BCUT2D eigenvalue weighted by molar-refractivity contribution is 6.02. The molecule has 4 aliphatic carbocycles. The van der Waals surface area contributed by atoms with Crippen molar-refractivity contribution in [2.75, 3.05) is 38.5 Å². The van der Waals surface area contributed by atoms with Crippen molar-refractivity contribution in [3.05, 3.63) is 83.7 Å². The number of carbonyl (C=O) groups excluding carboxylic acids is 4. The summed E-state index contributed by atoms with van der Waals surface area (Å²) >= 11 is 0. The number of aliphatic hydroxyl groups is 2. The summed E-state index contributed by atoms with van der Waals surface area (Å²) in [7, 11) is 0. The quantitative estimate of drug-likeness (QED) is 0.131. The highest BCUT2D eigenvalue weighted by atomic mass is 19.1. The number of hydrogen-bond acceptors (Lipinski definition) is 14. The number of Topliss-reactive ketones (excluding diaryl/α,β-unsaturated/α-hetero) is 1. The lowest BCUT2D eigenvalue weighted by molar-refractivity contribution is -0.360. The zero-order valence-electron chi connectivity index (χ0n) is 39.1. The topological polar surface area (TPSA) is 243 Å². The zero-order valence-corrected chi connectivity index (χ0v) is 39.1. The predicted octanol–water partition coefficient (Wildman–Crippen LogP) is 5.45. The van der Waals surface area contributed by atoms with E-state index in [9.17, 15) is 43.7 Å². The number of alkyl halides is 2. The highest BCUT2D eigenvalue weighted by Crippen LogP contribution is 2.74. The van der Waals surface area contributed by atoms with Crippen LogP contribution >= 0.6 is 0 Å².